The van der Waals surface area contributed by atoms with Crippen molar-refractivity contribution in [2.24, 2.45) is 5.92 Å². The van der Waals surface area contributed by atoms with Crippen LogP contribution in [0.3, 0.4) is 0 Å². The van der Waals surface area contributed by atoms with Gasteiger partial charge in [0, 0.05) is 11.6 Å². The molecule has 0 aromatic rings. The lowest BCUT2D eigenvalue weighted by Crippen LogP contribution is -2.15. The van der Waals surface area contributed by atoms with Gasteiger partial charge < -0.3 is 10.2 Å². The van der Waals surface area contributed by atoms with Gasteiger partial charge in [-0.15, -0.1) is 0 Å². The molecule has 28 heavy (non-hydrogen) atoms. The van der Waals surface area contributed by atoms with Crippen molar-refractivity contribution < 1.29 is 19.8 Å². The Bertz CT molecular complexity index is 428. The topological polar surface area (TPSA) is 74.6 Å². The fourth-order valence-corrected chi connectivity index (χ4v) is 3.82. The molecule has 2 N–H and O–H groups in total. The summed E-state index contributed by atoms with van der Waals surface area (Å²) in [5.74, 6) is -2.36. The number of carbonyl (C=O) groups is 2. The third-order valence-electron chi connectivity index (χ3n) is 5.53. The first-order valence-corrected chi connectivity index (χ1v) is 11.7. The molecule has 4 heteroatoms. The summed E-state index contributed by atoms with van der Waals surface area (Å²) >= 11 is 0. The molecule has 0 aliphatic carbocycles. The van der Waals surface area contributed by atoms with Crippen LogP contribution < -0.4 is 0 Å². The highest BCUT2D eigenvalue weighted by Gasteiger charge is 2.21. The lowest BCUT2D eigenvalue weighted by atomic mass is 9.87. The number of hydrogen-bond donors (Lipinski definition) is 2. The Balaban J connectivity index is 4.33. The van der Waals surface area contributed by atoms with Crippen molar-refractivity contribution in [1.82, 2.24) is 0 Å². The minimum Gasteiger partial charge on any atom is -0.478 e. The van der Waals surface area contributed by atoms with Gasteiger partial charge in [0.2, 0.25) is 0 Å². The summed E-state index contributed by atoms with van der Waals surface area (Å²) < 4.78 is 0. The van der Waals surface area contributed by atoms with Crippen molar-refractivity contribution in [3.05, 3.63) is 11.6 Å². The van der Waals surface area contributed by atoms with Gasteiger partial charge in [0.1, 0.15) is 0 Å². The Morgan fingerprint density at radius 3 is 1.32 bits per heavy atom. The molecule has 0 aromatic carbocycles. The number of carboxylic acids is 2. The van der Waals surface area contributed by atoms with E-state index in [-0.39, 0.29) is 11.5 Å². The Labute approximate surface area is 172 Å². The molecule has 1 unspecified atom stereocenters. The van der Waals surface area contributed by atoms with Crippen molar-refractivity contribution in [2.45, 2.75) is 123 Å². The molecule has 0 amide bonds. The van der Waals surface area contributed by atoms with Crippen LogP contribution in [-0.2, 0) is 9.59 Å². The zero-order valence-electron chi connectivity index (χ0n) is 18.4. The van der Waals surface area contributed by atoms with E-state index in [1.54, 1.807) is 0 Å². The Morgan fingerprint density at radius 1 is 0.643 bits per heavy atom. The van der Waals surface area contributed by atoms with Gasteiger partial charge in [0.25, 0.3) is 0 Å². The smallest absolute Gasteiger partial charge is 0.332 e. The zero-order valence-corrected chi connectivity index (χ0v) is 18.4. The van der Waals surface area contributed by atoms with Gasteiger partial charge in [-0.3, -0.25) is 0 Å². The van der Waals surface area contributed by atoms with E-state index in [0.717, 1.165) is 44.6 Å². The van der Waals surface area contributed by atoms with Crippen molar-refractivity contribution in [1.29, 1.82) is 0 Å². The van der Waals surface area contributed by atoms with Crippen LogP contribution in [0.5, 0.6) is 0 Å². The van der Waals surface area contributed by atoms with E-state index in [1.165, 1.54) is 70.6 Å². The molecule has 0 rings (SSSR count). The van der Waals surface area contributed by atoms with Crippen LogP contribution in [-0.4, -0.2) is 22.2 Å². The molecule has 164 valence electrons. The van der Waals surface area contributed by atoms with Crippen LogP contribution in [0, 0.1) is 5.92 Å². The Morgan fingerprint density at radius 2 is 1.00 bits per heavy atom. The molecule has 0 saturated heterocycles. The second kappa shape index (κ2) is 19.0. The minimum atomic E-state index is -1.16. The molecule has 0 aliphatic heterocycles. The van der Waals surface area contributed by atoms with Gasteiger partial charge in [0.05, 0.1) is 0 Å². The van der Waals surface area contributed by atoms with E-state index in [9.17, 15) is 14.7 Å². The van der Waals surface area contributed by atoms with Gasteiger partial charge in [0.15, 0.2) is 0 Å². The van der Waals surface area contributed by atoms with Crippen molar-refractivity contribution in [3.8, 4) is 0 Å². The monoisotopic (exact) mass is 396 g/mol. The quantitative estimate of drug-likeness (QED) is 0.166. The number of aliphatic carboxylic acids is 2. The Hall–Kier alpha value is -1.32. The van der Waals surface area contributed by atoms with Gasteiger partial charge >= 0.3 is 11.9 Å². The van der Waals surface area contributed by atoms with Crippen LogP contribution in [0.2, 0.25) is 0 Å². The highest BCUT2D eigenvalue weighted by molar-refractivity contribution is 5.95. The summed E-state index contributed by atoms with van der Waals surface area (Å²) in [6.07, 6.45) is 20.5. The van der Waals surface area contributed by atoms with Gasteiger partial charge in [-0.25, -0.2) is 9.59 Å². The molecule has 0 aliphatic rings. The molecule has 0 radical (unpaired) electrons. The normalized spacial score (nSPS) is 12.9. The largest absolute Gasteiger partial charge is 0.478 e. The van der Waals surface area contributed by atoms with Gasteiger partial charge in [-0.1, -0.05) is 110 Å². The summed E-state index contributed by atoms with van der Waals surface area (Å²) in [4.78, 5) is 22.6. The standard InChI is InChI=1S/C24H44O4/c1-3-5-7-9-11-12-13-15-17-19-21(18-16-14-10-8-6-4-2)22(24(27)28)20-23(25)26/h20-21H,3-19H2,1-2H3,(H,25,26)(H,27,28). The fraction of sp³-hybridized carbons (Fsp3) is 0.833. The molecule has 0 fully saturated rings. The Kier molecular flexibility index (Phi) is 18.1. The lowest BCUT2D eigenvalue weighted by molar-refractivity contribution is -0.135. The average molecular weight is 397 g/mol. The maximum Gasteiger partial charge on any atom is 0.332 e. The van der Waals surface area contributed by atoms with E-state index in [2.05, 4.69) is 13.8 Å². The first kappa shape index (κ1) is 26.7. The SMILES string of the molecule is CCCCCCCCCCCC(CCCCCCCC)C(=CC(=O)O)C(=O)O. The van der Waals surface area contributed by atoms with E-state index in [0.29, 0.717) is 0 Å². The average Bonchev–Trinajstić information content (AvgIpc) is 2.65. The molecule has 0 aromatic heterocycles. The summed E-state index contributed by atoms with van der Waals surface area (Å²) in [5.41, 5.74) is 0.0839. The van der Waals surface area contributed by atoms with Crippen LogP contribution in [0.25, 0.3) is 0 Å². The zero-order chi connectivity index (χ0) is 21.0. The lowest BCUT2D eigenvalue weighted by Gasteiger charge is -2.17. The number of carboxylic acid groups (broad SMARTS) is 2. The summed E-state index contributed by atoms with van der Waals surface area (Å²) in [7, 11) is 0. The molecule has 0 saturated carbocycles. The van der Waals surface area contributed by atoms with Crippen LogP contribution in [0.4, 0.5) is 0 Å². The van der Waals surface area contributed by atoms with Gasteiger partial charge in [-0.05, 0) is 18.8 Å². The predicted octanol–water partition coefficient (Wildman–Crippen LogP) is 7.37. The summed E-state index contributed by atoms with van der Waals surface area (Å²) in [5, 5.41) is 18.5. The molecule has 4 nitrogen and oxygen atoms in total. The minimum absolute atomic E-state index is 0.0839. The van der Waals surface area contributed by atoms with E-state index in [1.807, 2.05) is 0 Å². The highest BCUT2D eigenvalue weighted by Crippen LogP contribution is 2.26. The number of rotatable bonds is 20. The maximum absolute atomic E-state index is 11.6. The van der Waals surface area contributed by atoms with E-state index >= 15 is 0 Å². The van der Waals surface area contributed by atoms with Crippen molar-refractivity contribution in [3.63, 3.8) is 0 Å². The molecule has 0 spiro atoms. The molecule has 0 bridgehead atoms. The third-order valence-corrected chi connectivity index (χ3v) is 5.53. The van der Waals surface area contributed by atoms with Gasteiger partial charge in [-0.2, -0.15) is 0 Å². The van der Waals surface area contributed by atoms with E-state index in [4.69, 9.17) is 5.11 Å². The second-order valence-corrected chi connectivity index (χ2v) is 8.11. The predicted molar refractivity (Wildman–Crippen MR) is 117 cm³/mol. The number of hydrogen-bond acceptors (Lipinski definition) is 2. The summed E-state index contributed by atoms with van der Waals surface area (Å²) in [6.45, 7) is 4.42. The first-order chi connectivity index (χ1) is 13.5. The van der Waals surface area contributed by atoms with Crippen LogP contribution in [0.1, 0.15) is 123 Å². The van der Waals surface area contributed by atoms with Crippen molar-refractivity contribution >= 4 is 11.9 Å². The fourth-order valence-electron chi connectivity index (χ4n) is 3.82. The van der Waals surface area contributed by atoms with Crippen LogP contribution >= 0.6 is 0 Å². The maximum atomic E-state index is 11.6. The molecular weight excluding hydrogens is 352 g/mol. The van der Waals surface area contributed by atoms with Crippen molar-refractivity contribution in [2.75, 3.05) is 0 Å². The third kappa shape index (κ3) is 15.7. The molecule has 1 atom stereocenters. The first-order valence-electron chi connectivity index (χ1n) is 11.7. The second-order valence-electron chi connectivity index (χ2n) is 8.11. The highest BCUT2D eigenvalue weighted by atomic mass is 16.4. The van der Waals surface area contributed by atoms with E-state index < -0.39 is 11.9 Å². The number of unbranched alkanes of at least 4 members (excludes halogenated alkanes) is 13. The molecule has 0 heterocycles. The molecular formula is C24H44O4. The summed E-state index contributed by atoms with van der Waals surface area (Å²) in [6, 6.07) is 0. The van der Waals surface area contributed by atoms with Crippen LogP contribution in [0.15, 0.2) is 11.6 Å².